The van der Waals surface area contributed by atoms with Crippen molar-refractivity contribution in [1.82, 2.24) is 4.98 Å². The predicted molar refractivity (Wildman–Crippen MR) is 53.9 cm³/mol. The summed E-state index contributed by atoms with van der Waals surface area (Å²) in [5.74, 6) is 0. The predicted octanol–water partition coefficient (Wildman–Crippen LogP) is 2.68. The number of hydrogen-bond acceptors (Lipinski definition) is 2. The Bertz CT molecular complexity index is 211. The number of pyridine rings is 1. The lowest BCUT2D eigenvalue weighted by Crippen LogP contribution is -1.86. The Morgan fingerprint density at radius 2 is 2.18 bits per heavy atom. The number of carbonyl (C=O) groups excluding carboxylic acids is 1. The molecule has 0 fully saturated rings. The summed E-state index contributed by atoms with van der Waals surface area (Å²) in [4.78, 5) is 14.4. The lowest BCUT2D eigenvalue weighted by molar-refractivity contribution is 0.110. The van der Waals surface area contributed by atoms with Gasteiger partial charge >= 0.3 is 0 Å². The van der Waals surface area contributed by atoms with Gasteiger partial charge in [0.05, 0.1) is 0 Å². The molecule has 0 aliphatic rings. The van der Waals surface area contributed by atoms with Crippen molar-refractivity contribution >= 4 is 26.4 Å². The molecule has 1 rings (SSSR count). The summed E-state index contributed by atoms with van der Waals surface area (Å²) in [5.41, 5.74) is 0.651. The van der Waals surface area contributed by atoms with Crippen LogP contribution in [0.25, 0.3) is 0 Å². The molecule has 1 aromatic heterocycles. The van der Waals surface area contributed by atoms with Crippen LogP contribution in [-0.4, -0.2) is 8.77 Å². The van der Waals surface area contributed by atoms with Gasteiger partial charge in [0.1, 0.15) is 0 Å². The molecule has 0 spiro atoms. The van der Waals surface area contributed by atoms with E-state index in [1.54, 1.807) is 47.1 Å². The van der Waals surface area contributed by atoms with Crippen LogP contribution in [0.4, 0.5) is 0 Å². The lowest BCUT2D eigenvalue weighted by atomic mass is 10.3. The zero-order chi connectivity index (χ0) is 8.69. The van der Waals surface area contributed by atoms with Gasteiger partial charge in [-0.2, -0.15) is 0 Å². The van der Waals surface area contributed by atoms with Crippen LogP contribution in [0.5, 0.6) is 0 Å². The van der Waals surface area contributed by atoms with Gasteiger partial charge in [0.15, 0.2) is 0 Å². The molecule has 0 unspecified atom stereocenters. The number of halogens is 1. The molecule has 0 aliphatic carbocycles. The molecule has 0 atom stereocenters. The van der Waals surface area contributed by atoms with Gasteiger partial charge in [-0.15, -0.1) is 0 Å². The second kappa shape index (κ2) is 6.27. The van der Waals surface area contributed by atoms with Gasteiger partial charge in [0, 0.05) is 40.5 Å². The maximum atomic E-state index is 10.6. The molecule has 0 saturated heterocycles. The van der Waals surface area contributed by atoms with Gasteiger partial charge in [-0.25, -0.2) is 0 Å². The zero-order valence-electron chi connectivity index (χ0n) is 6.54. The van der Waals surface area contributed by atoms with Crippen molar-refractivity contribution in [2.45, 2.75) is 13.8 Å². The second-order valence-electron chi connectivity index (χ2n) is 1.52. The van der Waals surface area contributed by atoms with Crippen LogP contribution in [0.15, 0.2) is 24.5 Å². The van der Waals surface area contributed by atoms with Crippen LogP contribution in [-0.2, 0) is 0 Å². The molecule has 0 radical (unpaired) electrons. The van der Waals surface area contributed by atoms with E-state index in [0.29, 0.717) is 5.56 Å². The van der Waals surface area contributed by atoms with E-state index >= 15 is 0 Å². The van der Waals surface area contributed by atoms with E-state index in [0.717, 1.165) is 0 Å². The minimum absolute atomic E-state index is 0.0284. The SMILES string of the molecule is CC.O=C(I)c1cccnc1. The molecule has 0 amide bonds. The first-order valence-corrected chi connectivity index (χ1v) is 4.48. The molecule has 0 aromatic carbocycles. The third kappa shape index (κ3) is 4.08. The molecule has 60 valence electrons. The van der Waals surface area contributed by atoms with Gasteiger partial charge in [0.2, 0.25) is 3.79 Å². The number of nitrogens with zero attached hydrogens (tertiary/aromatic N) is 1. The summed E-state index contributed by atoms with van der Waals surface area (Å²) in [5, 5.41) is 0. The second-order valence-corrected chi connectivity index (χ2v) is 2.50. The molecular formula is C8H10INO. The van der Waals surface area contributed by atoms with Crippen LogP contribution in [0.1, 0.15) is 24.2 Å². The number of aromatic nitrogens is 1. The summed E-state index contributed by atoms with van der Waals surface area (Å²) < 4.78 is 0.0284. The highest BCUT2D eigenvalue weighted by molar-refractivity contribution is 14.1. The molecule has 0 saturated carbocycles. The summed E-state index contributed by atoms with van der Waals surface area (Å²) in [6, 6.07) is 3.48. The van der Waals surface area contributed by atoms with Gasteiger partial charge in [-0.3, -0.25) is 9.78 Å². The van der Waals surface area contributed by atoms with E-state index in [1.165, 1.54) is 0 Å². The summed E-state index contributed by atoms with van der Waals surface area (Å²) >= 11 is 1.73. The fraction of sp³-hybridized carbons (Fsp3) is 0.250. The monoisotopic (exact) mass is 263 g/mol. The molecule has 0 aliphatic heterocycles. The fourth-order valence-electron chi connectivity index (χ4n) is 0.479. The Morgan fingerprint density at radius 1 is 1.55 bits per heavy atom. The Labute approximate surface area is 80.2 Å². The fourth-order valence-corrected chi connectivity index (χ4v) is 0.798. The van der Waals surface area contributed by atoms with Crippen molar-refractivity contribution in [3.63, 3.8) is 0 Å². The normalized spacial score (nSPS) is 7.91. The summed E-state index contributed by atoms with van der Waals surface area (Å²) in [6.45, 7) is 4.00. The van der Waals surface area contributed by atoms with E-state index in [4.69, 9.17) is 0 Å². The number of rotatable bonds is 1. The van der Waals surface area contributed by atoms with Crippen LogP contribution in [0, 0.1) is 0 Å². The van der Waals surface area contributed by atoms with Crippen LogP contribution in [0.2, 0.25) is 0 Å². The van der Waals surface area contributed by atoms with Crippen LogP contribution >= 0.6 is 22.6 Å². The van der Waals surface area contributed by atoms with Gasteiger partial charge in [-0.1, -0.05) is 13.8 Å². The Hall–Kier alpha value is -0.450. The molecule has 0 bridgehead atoms. The molecule has 0 N–H and O–H groups in total. The number of carbonyl (C=O) groups is 1. The van der Waals surface area contributed by atoms with Gasteiger partial charge < -0.3 is 0 Å². The standard InChI is InChI=1S/C6H4INO.C2H6/c7-6(9)5-2-1-3-8-4-5;1-2/h1-4H;1-2H3. The summed E-state index contributed by atoms with van der Waals surface area (Å²) in [6.07, 6.45) is 3.19. The Morgan fingerprint density at radius 3 is 2.45 bits per heavy atom. The molecule has 11 heavy (non-hydrogen) atoms. The van der Waals surface area contributed by atoms with Crippen LogP contribution < -0.4 is 0 Å². The van der Waals surface area contributed by atoms with E-state index in [1.807, 2.05) is 13.8 Å². The van der Waals surface area contributed by atoms with Crippen LogP contribution in [0.3, 0.4) is 0 Å². The first-order valence-electron chi connectivity index (χ1n) is 3.40. The molecule has 3 heteroatoms. The van der Waals surface area contributed by atoms with E-state index in [-0.39, 0.29) is 3.79 Å². The third-order valence-electron chi connectivity index (χ3n) is 0.888. The van der Waals surface area contributed by atoms with Crippen molar-refractivity contribution in [3.05, 3.63) is 30.1 Å². The smallest absolute Gasteiger partial charge is 0.223 e. The topological polar surface area (TPSA) is 30.0 Å². The minimum Gasteiger partial charge on any atom is -0.282 e. The minimum atomic E-state index is 0.0284. The maximum Gasteiger partial charge on any atom is 0.223 e. The third-order valence-corrected chi connectivity index (χ3v) is 1.51. The van der Waals surface area contributed by atoms with Crippen molar-refractivity contribution in [2.24, 2.45) is 0 Å². The molecule has 1 heterocycles. The highest BCUT2D eigenvalue weighted by Crippen LogP contribution is 2.01. The highest BCUT2D eigenvalue weighted by atomic mass is 127. The first kappa shape index (κ1) is 10.6. The summed E-state index contributed by atoms with van der Waals surface area (Å²) in [7, 11) is 0. The molecular weight excluding hydrogens is 253 g/mol. The van der Waals surface area contributed by atoms with Crippen molar-refractivity contribution < 1.29 is 4.79 Å². The van der Waals surface area contributed by atoms with E-state index < -0.39 is 0 Å². The Balaban J connectivity index is 0.000000461. The van der Waals surface area contributed by atoms with Gasteiger partial charge in [-0.05, 0) is 12.1 Å². The van der Waals surface area contributed by atoms with E-state index in [9.17, 15) is 4.79 Å². The first-order chi connectivity index (χ1) is 5.30. The number of hydrogen-bond donors (Lipinski definition) is 0. The molecule has 1 aromatic rings. The quantitative estimate of drug-likeness (QED) is 0.576. The maximum absolute atomic E-state index is 10.6. The molecule has 2 nitrogen and oxygen atoms in total. The van der Waals surface area contributed by atoms with E-state index in [2.05, 4.69) is 4.98 Å². The van der Waals surface area contributed by atoms with Crippen molar-refractivity contribution in [2.75, 3.05) is 0 Å². The van der Waals surface area contributed by atoms with Gasteiger partial charge in [0.25, 0.3) is 0 Å². The van der Waals surface area contributed by atoms with Crippen molar-refractivity contribution in [1.29, 1.82) is 0 Å². The average molecular weight is 263 g/mol. The lowest BCUT2D eigenvalue weighted by Gasteiger charge is -1.87. The zero-order valence-corrected chi connectivity index (χ0v) is 8.70. The highest BCUT2D eigenvalue weighted by Gasteiger charge is 1.96. The van der Waals surface area contributed by atoms with Crippen molar-refractivity contribution in [3.8, 4) is 0 Å². The largest absolute Gasteiger partial charge is 0.282 e. The average Bonchev–Trinajstić information content (AvgIpc) is 2.10. The Kier molecular flexibility index (Phi) is 6.02.